The molecule has 0 aliphatic carbocycles. The zero-order valence-electron chi connectivity index (χ0n) is 9.82. The molecule has 102 valence electrons. The fourth-order valence-electron chi connectivity index (χ4n) is 1.87. The Morgan fingerprint density at radius 3 is 2.80 bits per heavy atom. The van der Waals surface area contributed by atoms with Crippen molar-refractivity contribution in [1.82, 2.24) is 19.5 Å². The van der Waals surface area contributed by atoms with Gasteiger partial charge in [0, 0.05) is 29.1 Å². The SMILES string of the molecule is Fc1cc(Cn2cnc3nc(I)nc(Cl)c32)ccc1Cl. The summed E-state index contributed by atoms with van der Waals surface area (Å²) in [6.45, 7) is 0.411. The van der Waals surface area contributed by atoms with E-state index >= 15 is 0 Å². The lowest BCUT2D eigenvalue weighted by Gasteiger charge is -2.06. The van der Waals surface area contributed by atoms with Gasteiger partial charge in [0.2, 0.25) is 0 Å². The topological polar surface area (TPSA) is 43.6 Å². The second kappa shape index (κ2) is 5.42. The summed E-state index contributed by atoms with van der Waals surface area (Å²) in [5, 5.41) is 0.423. The highest BCUT2D eigenvalue weighted by Gasteiger charge is 2.12. The van der Waals surface area contributed by atoms with E-state index in [1.807, 2.05) is 22.6 Å². The maximum absolute atomic E-state index is 13.4. The second-order valence-electron chi connectivity index (χ2n) is 4.08. The average Bonchev–Trinajstić information content (AvgIpc) is 2.77. The van der Waals surface area contributed by atoms with Gasteiger partial charge >= 0.3 is 0 Å². The molecule has 0 aliphatic rings. The number of benzene rings is 1. The van der Waals surface area contributed by atoms with Crippen LogP contribution in [0.2, 0.25) is 10.2 Å². The molecule has 2 heterocycles. The van der Waals surface area contributed by atoms with E-state index in [-0.39, 0.29) is 5.02 Å². The lowest BCUT2D eigenvalue weighted by Crippen LogP contribution is -2.00. The Labute approximate surface area is 137 Å². The van der Waals surface area contributed by atoms with Crippen molar-refractivity contribution in [3.63, 3.8) is 0 Å². The van der Waals surface area contributed by atoms with E-state index in [0.717, 1.165) is 5.56 Å². The standard InChI is InChI=1S/C12H6Cl2FIN4/c13-7-2-1-6(3-8(7)15)4-20-5-17-11-9(20)10(14)18-12(16)19-11/h1-3,5H,4H2. The van der Waals surface area contributed by atoms with E-state index in [4.69, 9.17) is 23.2 Å². The lowest BCUT2D eigenvalue weighted by atomic mass is 10.2. The molecule has 3 rings (SSSR count). The van der Waals surface area contributed by atoms with Crippen molar-refractivity contribution in [2.45, 2.75) is 6.54 Å². The van der Waals surface area contributed by atoms with Crippen molar-refractivity contribution < 1.29 is 4.39 Å². The Morgan fingerprint density at radius 2 is 2.05 bits per heavy atom. The van der Waals surface area contributed by atoms with E-state index in [0.29, 0.717) is 26.7 Å². The van der Waals surface area contributed by atoms with Gasteiger partial charge in [-0.25, -0.2) is 19.3 Å². The highest BCUT2D eigenvalue weighted by Crippen LogP contribution is 2.22. The number of aromatic nitrogens is 4. The van der Waals surface area contributed by atoms with Gasteiger partial charge in [0.15, 0.2) is 14.6 Å². The molecule has 0 amide bonds. The summed E-state index contributed by atoms with van der Waals surface area (Å²) in [6.07, 6.45) is 1.60. The van der Waals surface area contributed by atoms with Crippen LogP contribution in [-0.2, 0) is 6.54 Å². The van der Waals surface area contributed by atoms with E-state index in [1.54, 1.807) is 17.0 Å². The number of nitrogens with zero attached hydrogens (tertiary/aromatic N) is 4. The molecule has 0 bridgehead atoms. The van der Waals surface area contributed by atoms with Gasteiger partial charge in [-0.1, -0.05) is 29.3 Å². The highest BCUT2D eigenvalue weighted by atomic mass is 127. The molecular weight excluding hydrogens is 417 g/mol. The minimum atomic E-state index is -0.453. The Bertz CT molecular complexity index is 805. The number of hydrogen-bond acceptors (Lipinski definition) is 3. The molecule has 0 fully saturated rings. The minimum Gasteiger partial charge on any atom is -0.322 e. The molecule has 20 heavy (non-hydrogen) atoms. The fourth-order valence-corrected chi connectivity index (χ4v) is 2.87. The molecule has 1 aromatic carbocycles. The van der Waals surface area contributed by atoms with Crippen LogP contribution in [0.3, 0.4) is 0 Å². The largest absolute Gasteiger partial charge is 0.322 e. The van der Waals surface area contributed by atoms with Gasteiger partial charge < -0.3 is 4.57 Å². The predicted octanol–water partition coefficient (Wildman–Crippen LogP) is 3.93. The first-order valence-corrected chi connectivity index (χ1v) is 7.36. The van der Waals surface area contributed by atoms with E-state index in [2.05, 4.69) is 15.0 Å². The molecule has 8 heteroatoms. The third-order valence-corrected chi connectivity index (χ3v) is 3.79. The smallest absolute Gasteiger partial charge is 0.194 e. The third-order valence-electron chi connectivity index (χ3n) is 2.74. The zero-order valence-corrected chi connectivity index (χ0v) is 13.5. The van der Waals surface area contributed by atoms with Crippen LogP contribution in [0.1, 0.15) is 5.56 Å². The van der Waals surface area contributed by atoms with Crippen molar-refractivity contribution in [2.24, 2.45) is 0 Å². The van der Waals surface area contributed by atoms with E-state index < -0.39 is 5.82 Å². The van der Waals surface area contributed by atoms with Crippen molar-refractivity contribution in [3.05, 3.63) is 49.9 Å². The van der Waals surface area contributed by atoms with Gasteiger partial charge in [-0.05, 0) is 17.7 Å². The Balaban J connectivity index is 2.04. The minimum absolute atomic E-state index is 0.0974. The molecule has 0 unspecified atom stereocenters. The maximum atomic E-state index is 13.4. The van der Waals surface area contributed by atoms with E-state index in [1.165, 1.54) is 12.1 Å². The molecular formula is C12H6Cl2FIN4. The molecule has 0 saturated carbocycles. The summed E-state index contributed by atoms with van der Waals surface area (Å²) >= 11 is 13.8. The number of halogens is 4. The quantitative estimate of drug-likeness (QED) is 0.357. The second-order valence-corrected chi connectivity index (χ2v) is 5.81. The van der Waals surface area contributed by atoms with Crippen LogP contribution in [0.4, 0.5) is 4.39 Å². The first-order valence-electron chi connectivity index (χ1n) is 5.52. The monoisotopic (exact) mass is 422 g/mol. The Morgan fingerprint density at radius 1 is 1.25 bits per heavy atom. The summed E-state index contributed by atoms with van der Waals surface area (Å²) in [6, 6.07) is 4.65. The van der Waals surface area contributed by atoms with Gasteiger partial charge in [-0.2, -0.15) is 0 Å². The van der Waals surface area contributed by atoms with Crippen molar-refractivity contribution in [3.8, 4) is 0 Å². The summed E-state index contributed by atoms with van der Waals surface area (Å²) < 4.78 is 15.8. The van der Waals surface area contributed by atoms with Gasteiger partial charge in [-0.3, -0.25) is 0 Å². The van der Waals surface area contributed by atoms with Gasteiger partial charge in [0.05, 0.1) is 11.3 Å². The van der Waals surface area contributed by atoms with Crippen molar-refractivity contribution in [1.29, 1.82) is 0 Å². The molecule has 2 aromatic heterocycles. The van der Waals surface area contributed by atoms with Crippen LogP contribution in [0.5, 0.6) is 0 Å². The summed E-state index contributed by atoms with van der Waals surface area (Å²) in [5.41, 5.74) is 1.90. The van der Waals surface area contributed by atoms with Crippen LogP contribution < -0.4 is 0 Å². The zero-order chi connectivity index (χ0) is 14.3. The molecule has 0 radical (unpaired) electrons. The molecule has 0 aliphatic heterocycles. The van der Waals surface area contributed by atoms with Crippen molar-refractivity contribution >= 4 is 57.0 Å². The van der Waals surface area contributed by atoms with E-state index in [9.17, 15) is 4.39 Å². The van der Waals surface area contributed by atoms with Crippen molar-refractivity contribution in [2.75, 3.05) is 0 Å². The number of fused-ring (bicyclic) bond motifs is 1. The average molecular weight is 423 g/mol. The summed E-state index contributed by atoms with van der Waals surface area (Å²) in [7, 11) is 0. The van der Waals surface area contributed by atoms with Crippen LogP contribution in [0, 0.1) is 9.65 Å². The van der Waals surface area contributed by atoms with Gasteiger partial charge in [-0.15, -0.1) is 0 Å². The molecule has 0 spiro atoms. The summed E-state index contributed by atoms with van der Waals surface area (Å²) in [5.74, 6) is -0.453. The van der Waals surface area contributed by atoms with Gasteiger partial charge in [0.1, 0.15) is 11.3 Å². The van der Waals surface area contributed by atoms with Crippen LogP contribution >= 0.6 is 45.8 Å². The predicted molar refractivity (Wildman–Crippen MR) is 83.6 cm³/mol. The number of rotatable bonds is 2. The first kappa shape index (κ1) is 14.0. The highest BCUT2D eigenvalue weighted by molar-refractivity contribution is 14.1. The number of imidazole rings is 1. The molecule has 0 N–H and O–H groups in total. The van der Waals surface area contributed by atoms with Crippen LogP contribution in [0.25, 0.3) is 11.2 Å². The first-order chi connectivity index (χ1) is 9.54. The lowest BCUT2D eigenvalue weighted by molar-refractivity contribution is 0.624. The molecule has 3 aromatic rings. The summed E-state index contributed by atoms with van der Waals surface area (Å²) in [4.78, 5) is 12.5. The normalized spacial score (nSPS) is 11.2. The Hall–Kier alpha value is -0.990. The maximum Gasteiger partial charge on any atom is 0.194 e. The van der Waals surface area contributed by atoms with Crippen LogP contribution in [-0.4, -0.2) is 19.5 Å². The van der Waals surface area contributed by atoms with Crippen LogP contribution in [0.15, 0.2) is 24.5 Å². The third kappa shape index (κ3) is 2.59. The molecule has 4 nitrogen and oxygen atoms in total. The fraction of sp³-hybridized carbons (Fsp3) is 0.0833. The molecule has 0 atom stereocenters. The Kier molecular flexibility index (Phi) is 3.78. The number of hydrogen-bond donors (Lipinski definition) is 0. The van der Waals surface area contributed by atoms with Gasteiger partial charge in [0.25, 0.3) is 0 Å². The molecule has 0 saturated heterocycles.